The van der Waals surface area contributed by atoms with Gasteiger partial charge in [0.05, 0.1) is 23.0 Å². The first-order valence-electron chi connectivity index (χ1n) is 7.24. The van der Waals surface area contributed by atoms with Crippen LogP contribution < -0.4 is 9.54 Å². The third kappa shape index (κ3) is 3.49. The van der Waals surface area contributed by atoms with Crippen molar-refractivity contribution in [2.24, 2.45) is 17.3 Å². The van der Waals surface area contributed by atoms with Crippen LogP contribution in [-0.4, -0.2) is 29.1 Å². The Bertz CT molecular complexity index is 896. The van der Waals surface area contributed by atoms with Gasteiger partial charge in [-0.3, -0.25) is 0 Å². The topological polar surface area (TPSA) is 59.1 Å². The normalized spacial score (nSPS) is 12.3. The van der Waals surface area contributed by atoms with Gasteiger partial charge in [-0.2, -0.15) is 5.10 Å². The molecule has 0 atom stereocenters. The zero-order valence-corrected chi connectivity index (χ0v) is 13.5. The molecule has 0 aliphatic carbocycles. The fourth-order valence-corrected chi connectivity index (χ4v) is 3.17. The van der Waals surface area contributed by atoms with Crippen LogP contribution in [0.4, 0.5) is 0 Å². The Balaban J connectivity index is 1.89. The maximum atomic E-state index is 8.86. The molecule has 3 aromatic rings. The molecule has 0 aliphatic rings. The van der Waals surface area contributed by atoms with Gasteiger partial charge in [-0.1, -0.05) is 35.6 Å². The number of aliphatic hydroxyl groups excluding tert-OH is 1. The highest BCUT2D eigenvalue weighted by Crippen LogP contribution is 2.16. The number of aliphatic hydroxyl groups is 1. The number of aryl methyl sites for hydroxylation is 1. The van der Waals surface area contributed by atoms with Gasteiger partial charge in [-0.05, 0) is 24.3 Å². The van der Waals surface area contributed by atoms with Crippen LogP contribution >= 0.6 is 11.3 Å². The molecule has 0 bridgehead atoms. The first-order chi connectivity index (χ1) is 11.3. The van der Waals surface area contributed by atoms with E-state index in [1.165, 1.54) is 4.70 Å². The lowest BCUT2D eigenvalue weighted by molar-refractivity contribution is 0.201. The van der Waals surface area contributed by atoms with Crippen molar-refractivity contribution < 1.29 is 9.84 Å². The molecule has 6 heteroatoms. The maximum Gasteiger partial charge on any atom is 0.211 e. The van der Waals surface area contributed by atoms with E-state index in [-0.39, 0.29) is 13.2 Å². The Labute approximate surface area is 137 Å². The van der Waals surface area contributed by atoms with Gasteiger partial charge in [0.1, 0.15) is 12.4 Å². The average molecular weight is 327 g/mol. The highest BCUT2D eigenvalue weighted by molar-refractivity contribution is 7.16. The van der Waals surface area contributed by atoms with Crippen molar-refractivity contribution in [1.29, 1.82) is 0 Å². The van der Waals surface area contributed by atoms with Crippen molar-refractivity contribution in [3.8, 4) is 5.75 Å². The van der Waals surface area contributed by atoms with Crippen LogP contribution in [0.2, 0.25) is 0 Å². The lowest BCUT2D eigenvalue weighted by Gasteiger charge is -2.06. The smallest absolute Gasteiger partial charge is 0.211 e. The molecule has 0 fully saturated rings. The molecule has 1 N–H and O–H groups in total. The average Bonchev–Trinajstić information content (AvgIpc) is 2.90. The molecule has 3 rings (SSSR count). The van der Waals surface area contributed by atoms with Crippen LogP contribution in [0, 0.1) is 0 Å². The Morgan fingerprint density at radius 1 is 1.17 bits per heavy atom. The van der Waals surface area contributed by atoms with Gasteiger partial charge in [-0.25, -0.2) is 0 Å². The summed E-state index contributed by atoms with van der Waals surface area (Å²) in [4.78, 5) is 0.830. The summed E-state index contributed by atoms with van der Waals surface area (Å²) in [5.74, 6) is 0.682. The second kappa shape index (κ2) is 7.21. The Kier molecular flexibility index (Phi) is 4.85. The van der Waals surface area contributed by atoms with Crippen molar-refractivity contribution in [3.63, 3.8) is 0 Å². The minimum absolute atomic E-state index is 0.0204. The zero-order valence-electron chi connectivity index (χ0n) is 12.7. The van der Waals surface area contributed by atoms with E-state index in [1.807, 2.05) is 48.0 Å². The highest BCUT2D eigenvalue weighted by atomic mass is 32.1. The molecule has 0 unspecified atom stereocenters. The number of thiazole rings is 1. The number of fused-ring (bicyclic) bond motifs is 1. The summed E-state index contributed by atoms with van der Waals surface area (Å²) in [6.07, 6.45) is 1.66. The number of aromatic nitrogens is 1. The molecule has 0 spiro atoms. The van der Waals surface area contributed by atoms with Gasteiger partial charge in [-0.15, -0.1) is 5.10 Å². The molecule has 2 aromatic carbocycles. The van der Waals surface area contributed by atoms with E-state index in [1.54, 1.807) is 17.6 Å². The fraction of sp³-hybridized carbons (Fsp3) is 0.176. The summed E-state index contributed by atoms with van der Waals surface area (Å²) >= 11 is 1.60. The van der Waals surface area contributed by atoms with Crippen LogP contribution in [-0.2, 0) is 7.05 Å². The number of ether oxygens (including phenoxy) is 1. The van der Waals surface area contributed by atoms with Gasteiger partial charge in [0.2, 0.25) is 4.80 Å². The largest absolute Gasteiger partial charge is 0.491 e. The SMILES string of the molecule is Cn1c(=NN=Cc2ccccc2OCCO)sc2ccccc21. The van der Waals surface area contributed by atoms with E-state index >= 15 is 0 Å². The highest BCUT2D eigenvalue weighted by Gasteiger charge is 2.01. The van der Waals surface area contributed by atoms with E-state index < -0.39 is 0 Å². The molecule has 23 heavy (non-hydrogen) atoms. The van der Waals surface area contributed by atoms with Crippen molar-refractivity contribution >= 4 is 27.8 Å². The van der Waals surface area contributed by atoms with Crippen molar-refractivity contribution in [3.05, 3.63) is 58.9 Å². The molecule has 0 saturated heterocycles. The first-order valence-corrected chi connectivity index (χ1v) is 8.05. The monoisotopic (exact) mass is 327 g/mol. The first kappa shape index (κ1) is 15.5. The Morgan fingerprint density at radius 2 is 1.96 bits per heavy atom. The van der Waals surface area contributed by atoms with E-state index in [2.05, 4.69) is 22.3 Å². The van der Waals surface area contributed by atoms with E-state index in [4.69, 9.17) is 9.84 Å². The second-order valence-electron chi connectivity index (χ2n) is 4.87. The van der Waals surface area contributed by atoms with Crippen LogP contribution in [0.1, 0.15) is 5.56 Å². The van der Waals surface area contributed by atoms with Gasteiger partial charge in [0.15, 0.2) is 0 Å². The molecular formula is C17H17N3O2S. The van der Waals surface area contributed by atoms with Crippen molar-refractivity contribution in [2.45, 2.75) is 0 Å². The third-order valence-electron chi connectivity index (χ3n) is 3.32. The molecule has 0 amide bonds. The van der Waals surface area contributed by atoms with Gasteiger partial charge in [0.25, 0.3) is 0 Å². The minimum Gasteiger partial charge on any atom is -0.491 e. The van der Waals surface area contributed by atoms with Gasteiger partial charge in [0, 0.05) is 12.6 Å². The molecule has 1 aromatic heterocycles. The fourth-order valence-electron chi connectivity index (χ4n) is 2.19. The summed E-state index contributed by atoms with van der Waals surface area (Å²) in [6, 6.07) is 15.7. The molecule has 0 saturated carbocycles. The molecule has 0 radical (unpaired) electrons. The van der Waals surface area contributed by atoms with Crippen molar-refractivity contribution in [2.75, 3.05) is 13.2 Å². The van der Waals surface area contributed by atoms with Crippen LogP contribution in [0.5, 0.6) is 5.75 Å². The molecule has 5 nitrogen and oxygen atoms in total. The molecule has 118 valence electrons. The summed E-state index contributed by atoms with van der Waals surface area (Å²) < 4.78 is 8.67. The lowest BCUT2D eigenvalue weighted by atomic mass is 10.2. The predicted molar refractivity (Wildman–Crippen MR) is 93.0 cm³/mol. The van der Waals surface area contributed by atoms with Gasteiger partial charge >= 0.3 is 0 Å². The summed E-state index contributed by atoms with van der Waals surface area (Å²) in [5, 5.41) is 17.4. The van der Waals surface area contributed by atoms with E-state index in [0.717, 1.165) is 15.9 Å². The van der Waals surface area contributed by atoms with E-state index in [9.17, 15) is 0 Å². The van der Waals surface area contributed by atoms with Crippen LogP contribution in [0.25, 0.3) is 10.2 Å². The molecule has 0 aliphatic heterocycles. The van der Waals surface area contributed by atoms with Crippen molar-refractivity contribution in [1.82, 2.24) is 4.57 Å². The van der Waals surface area contributed by atoms with Crippen LogP contribution in [0.3, 0.4) is 0 Å². The number of rotatable bonds is 5. The second-order valence-corrected chi connectivity index (χ2v) is 5.87. The summed E-state index contributed by atoms with van der Waals surface area (Å²) in [5.41, 5.74) is 1.96. The quantitative estimate of drug-likeness (QED) is 0.578. The van der Waals surface area contributed by atoms with E-state index in [0.29, 0.717) is 5.75 Å². The standard InChI is InChI=1S/C17H17N3O2S/c1-20-14-7-3-5-9-16(14)23-17(20)19-18-12-13-6-2-4-8-15(13)22-11-10-21/h2-9,12,21H,10-11H2,1H3. The number of para-hydroxylation sites is 2. The lowest BCUT2D eigenvalue weighted by Crippen LogP contribution is -2.09. The summed E-state index contributed by atoms with van der Waals surface area (Å²) in [6.45, 7) is 0.237. The third-order valence-corrected chi connectivity index (χ3v) is 4.43. The van der Waals surface area contributed by atoms with Gasteiger partial charge < -0.3 is 14.4 Å². The Hall–Kier alpha value is -2.44. The number of benzene rings is 2. The number of hydrogen-bond donors (Lipinski definition) is 1. The molecular weight excluding hydrogens is 310 g/mol. The summed E-state index contributed by atoms with van der Waals surface area (Å²) in [7, 11) is 1.98. The van der Waals surface area contributed by atoms with Crippen LogP contribution in [0.15, 0.2) is 58.7 Å². The number of nitrogens with zero attached hydrogens (tertiary/aromatic N) is 3. The Morgan fingerprint density at radius 3 is 2.78 bits per heavy atom. The maximum absolute atomic E-state index is 8.86. The minimum atomic E-state index is -0.0204. The zero-order chi connectivity index (χ0) is 16.1. The molecule has 1 heterocycles. The predicted octanol–water partition coefficient (Wildman–Crippen LogP) is 2.55. The number of hydrogen-bond acceptors (Lipinski definition) is 5.